The van der Waals surface area contributed by atoms with Crippen LogP contribution in [0, 0.1) is 0 Å². The Morgan fingerprint density at radius 2 is 2.24 bits per heavy atom. The zero-order chi connectivity index (χ0) is 14.9. The highest BCUT2D eigenvalue weighted by atomic mass is 16.5. The van der Waals surface area contributed by atoms with E-state index in [4.69, 9.17) is 14.6 Å². The summed E-state index contributed by atoms with van der Waals surface area (Å²) < 4.78 is 11.4. The molecule has 1 fully saturated rings. The van der Waals surface area contributed by atoms with Gasteiger partial charge < -0.3 is 25.2 Å². The predicted molar refractivity (Wildman–Crippen MR) is 79.6 cm³/mol. The number of ether oxygens (including phenoxy) is 2. The standard InChI is InChI=1S/C15H22N2O4/c18-9-8-16-15(19)17-13-6-1-2-7-14(13)21-11-12-5-3-4-10-20-12/h1-2,6-7,12,18H,3-5,8-11H2,(H2,16,17,19)/t12-/m1/s1. The van der Waals surface area contributed by atoms with E-state index in [0.29, 0.717) is 18.0 Å². The van der Waals surface area contributed by atoms with E-state index < -0.39 is 0 Å². The van der Waals surface area contributed by atoms with Gasteiger partial charge in [0.05, 0.1) is 18.4 Å². The van der Waals surface area contributed by atoms with Gasteiger partial charge in [-0.15, -0.1) is 0 Å². The van der Waals surface area contributed by atoms with Crippen LogP contribution in [-0.2, 0) is 4.74 Å². The van der Waals surface area contributed by atoms with Crippen LogP contribution >= 0.6 is 0 Å². The normalized spacial score (nSPS) is 18.0. The molecule has 0 spiro atoms. The molecule has 0 bridgehead atoms. The number of urea groups is 1. The molecular weight excluding hydrogens is 272 g/mol. The smallest absolute Gasteiger partial charge is 0.319 e. The van der Waals surface area contributed by atoms with E-state index in [2.05, 4.69) is 10.6 Å². The molecule has 1 aromatic carbocycles. The zero-order valence-corrected chi connectivity index (χ0v) is 12.0. The lowest BCUT2D eigenvalue weighted by atomic mass is 10.1. The van der Waals surface area contributed by atoms with Crippen LogP contribution in [0.4, 0.5) is 10.5 Å². The van der Waals surface area contributed by atoms with E-state index >= 15 is 0 Å². The average molecular weight is 294 g/mol. The molecule has 0 unspecified atom stereocenters. The number of rotatable bonds is 6. The first-order chi connectivity index (χ1) is 10.3. The van der Waals surface area contributed by atoms with Gasteiger partial charge in [-0.2, -0.15) is 0 Å². The molecule has 1 aliphatic heterocycles. The SMILES string of the molecule is O=C(NCCO)Nc1ccccc1OC[C@H]1CCCCO1. The molecule has 1 aliphatic rings. The van der Waals surface area contributed by atoms with E-state index in [1.165, 1.54) is 0 Å². The number of carbonyl (C=O) groups excluding carboxylic acids is 1. The Morgan fingerprint density at radius 3 is 3.00 bits per heavy atom. The molecule has 6 heteroatoms. The maximum Gasteiger partial charge on any atom is 0.319 e. The van der Waals surface area contributed by atoms with Crippen molar-refractivity contribution in [3.8, 4) is 5.75 Å². The van der Waals surface area contributed by atoms with Gasteiger partial charge >= 0.3 is 6.03 Å². The minimum Gasteiger partial charge on any atom is -0.489 e. The number of anilines is 1. The number of hydrogen-bond donors (Lipinski definition) is 3. The van der Waals surface area contributed by atoms with E-state index in [-0.39, 0.29) is 25.3 Å². The van der Waals surface area contributed by atoms with Crippen molar-refractivity contribution in [2.45, 2.75) is 25.4 Å². The van der Waals surface area contributed by atoms with Crippen molar-refractivity contribution in [3.05, 3.63) is 24.3 Å². The fourth-order valence-corrected chi connectivity index (χ4v) is 2.15. The Hall–Kier alpha value is -1.79. The van der Waals surface area contributed by atoms with Crippen LogP contribution in [0.15, 0.2) is 24.3 Å². The monoisotopic (exact) mass is 294 g/mol. The van der Waals surface area contributed by atoms with Crippen LogP contribution in [0.1, 0.15) is 19.3 Å². The molecule has 1 atom stereocenters. The van der Waals surface area contributed by atoms with Crippen LogP contribution in [0.3, 0.4) is 0 Å². The number of nitrogens with one attached hydrogen (secondary N) is 2. The fourth-order valence-electron chi connectivity index (χ4n) is 2.15. The Morgan fingerprint density at radius 1 is 1.38 bits per heavy atom. The first-order valence-electron chi connectivity index (χ1n) is 7.28. The molecule has 1 aromatic rings. The summed E-state index contributed by atoms with van der Waals surface area (Å²) in [6, 6.07) is 6.90. The van der Waals surface area contributed by atoms with Crippen LogP contribution < -0.4 is 15.4 Å². The fraction of sp³-hybridized carbons (Fsp3) is 0.533. The summed E-state index contributed by atoms with van der Waals surface area (Å²) in [7, 11) is 0. The highest BCUT2D eigenvalue weighted by Crippen LogP contribution is 2.24. The van der Waals surface area contributed by atoms with Crippen LogP contribution in [0.5, 0.6) is 5.75 Å². The molecule has 1 heterocycles. The van der Waals surface area contributed by atoms with E-state index in [1.54, 1.807) is 6.07 Å². The molecule has 0 aliphatic carbocycles. The number of benzene rings is 1. The lowest BCUT2D eigenvalue weighted by molar-refractivity contribution is -0.0109. The molecule has 1 saturated heterocycles. The summed E-state index contributed by atoms with van der Waals surface area (Å²) in [5, 5.41) is 13.9. The molecule has 21 heavy (non-hydrogen) atoms. The Balaban J connectivity index is 1.88. The van der Waals surface area contributed by atoms with Crippen LogP contribution in [-0.4, -0.2) is 43.6 Å². The van der Waals surface area contributed by atoms with Gasteiger partial charge in [-0.05, 0) is 31.4 Å². The third-order valence-electron chi connectivity index (χ3n) is 3.23. The lowest BCUT2D eigenvalue weighted by Gasteiger charge is -2.23. The molecule has 2 amide bonds. The Bertz CT molecular complexity index is 447. The maximum atomic E-state index is 11.6. The molecule has 2 rings (SSSR count). The van der Waals surface area contributed by atoms with Crippen molar-refractivity contribution in [3.63, 3.8) is 0 Å². The summed E-state index contributed by atoms with van der Waals surface area (Å²) in [5.41, 5.74) is 0.601. The second-order valence-corrected chi connectivity index (χ2v) is 4.90. The van der Waals surface area contributed by atoms with Crippen molar-refractivity contribution in [1.29, 1.82) is 0 Å². The van der Waals surface area contributed by atoms with Gasteiger partial charge in [-0.3, -0.25) is 0 Å². The number of para-hydroxylation sites is 2. The van der Waals surface area contributed by atoms with Crippen LogP contribution in [0.25, 0.3) is 0 Å². The molecular formula is C15H22N2O4. The van der Waals surface area contributed by atoms with Gasteiger partial charge in [0.25, 0.3) is 0 Å². The van der Waals surface area contributed by atoms with Crippen LogP contribution in [0.2, 0.25) is 0 Å². The summed E-state index contributed by atoms with van der Waals surface area (Å²) >= 11 is 0. The minimum atomic E-state index is -0.367. The average Bonchev–Trinajstić information content (AvgIpc) is 2.53. The Labute approximate surface area is 124 Å². The van der Waals surface area contributed by atoms with Gasteiger partial charge in [0.15, 0.2) is 0 Å². The summed E-state index contributed by atoms with van der Waals surface area (Å²) in [5.74, 6) is 0.617. The van der Waals surface area contributed by atoms with E-state index in [9.17, 15) is 4.79 Å². The lowest BCUT2D eigenvalue weighted by Crippen LogP contribution is -2.31. The quantitative estimate of drug-likeness (QED) is 0.747. The number of hydrogen-bond acceptors (Lipinski definition) is 4. The highest BCUT2D eigenvalue weighted by Gasteiger charge is 2.15. The van der Waals surface area contributed by atoms with E-state index in [0.717, 1.165) is 25.9 Å². The number of amides is 2. The molecule has 0 radical (unpaired) electrons. The van der Waals surface area contributed by atoms with Gasteiger partial charge in [0.2, 0.25) is 0 Å². The summed E-state index contributed by atoms with van der Waals surface area (Å²) in [4.78, 5) is 11.6. The van der Waals surface area contributed by atoms with Crippen molar-refractivity contribution < 1.29 is 19.4 Å². The second kappa shape index (κ2) is 8.49. The first kappa shape index (κ1) is 15.6. The third-order valence-corrected chi connectivity index (χ3v) is 3.23. The largest absolute Gasteiger partial charge is 0.489 e. The molecule has 6 nitrogen and oxygen atoms in total. The van der Waals surface area contributed by atoms with Gasteiger partial charge in [0.1, 0.15) is 12.4 Å². The van der Waals surface area contributed by atoms with E-state index in [1.807, 2.05) is 18.2 Å². The minimum absolute atomic E-state index is 0.0927. The molecule has 0 saturated carbocycles. The molecule has 116 valence electrons. The Kier molecular flexibility index (Phi) is 6.30. The summed E-state index contributed by atoms with van der Waals surface area (Å²) in [6.07, 6.45) is 3.40. The van der Waals surface area contributed by atoms with Crippen molar-refractivity contribution in [2.24, 2.45) is 0 Å². The van der Waals surface area contributed by atoms with Gasteiger partial charge in [-0.1, -0.05) is 12.1 Å². The van der Waals surface area contributed by atoms with Gasteiger partial charge in [0, 0.05) is 13.2 Å². The zero-order valence-electron chi connectivity index (χ0n) is 12.0. The van der Waals surface area contributed by atoms with Crippen molar-refractivity contribution >= 4 is 11.7 Å². The predicted octanol–water partition coefficient (Wildman–Crippen LogP) is 1.75. The first-order valence-corrected chi connectivity index (χ1v) is 7.28. The number of aliphatic hydroxyl groups excluding tert-OH is 1. The number of carbonyl (C=O) groups is 1. The highest BCUT2D eigenvalue weighted by molar-refractivity contribution is 5.90. The second-order valence-electron chi connectivity index (χ2n) is 4.90. The number of aliphatic hydroxyl groups is 1. The summed E-state index contributed by atoms with van der Waals surface area (Å²) in [6.45, 7) is 1.39. The van der Waals surface area contributed by atoms with Crippen molar-refractivity contribution in [1.82, 2.24) is 5.32 Å². The topological polar surface area (TPSA) is 79.8 Å². The molecule has 3 N–H and O–H groups in total. The molecule has 0 aromatic heterocycles. The third kappa shape index (κ3) is 5.24. The maximum absolute atomic E-state index is 11.6. The van der Waals surface area contributed by atoms with Gasteiger partial charge in [-0.25, -0.2) is 4.79 Å². The van der Waals surface area contributed by atoms with Crippen molar-refractivity contribution in [2.75, 3.05) is 31.7 Å².